The molecule has 0 saturated carbocycles. The number of carbonyl (C=O) groups is 2. The molecule has 2 amide bonds. The van der Waals surface area contributed by atoms with Crippen molar-refractivity contribution in [3.8, 4) is 5.75 Å². The fourth-order valence-corrected chi connectivity index (χ4v) is 2.72. The van der Waals surface area contributed by atoms with Gasteiger partial charge in [-0.3, -0.25) is 9.59 Å². The Morgan fingerprint density at radius 1 is 1.04 bits per heavy atom. The number of piperazine rings is 1. The van der Waals surface area contributed by atoms with E-state index >= 15 is 0 Å². The van der Waals surface area contributed by atoms with Crippen LogP contribution in [0, 0.1) is 5.41 Å². The summed E-state index contributed by atoms with van der Waals surface area (Å²) in [5.74, 6) is 0.719. The minimum absolute atomic E-state index is 0.0125. The third-order valence-corrected chi connectivity index (χ3v) is 3.94. The number of ether oxygens (including phenoxy) is 1. The Morgan fingerprint density at radius 2 is 1.61 bits per heavy atom. The highest BCUT2D eigenvalue weighted by molar-refractivity contribution is 5.97. The number of benzene rings is 1. The first kappa shape index (κ1) is 17.3. The summed E-state index contributed by atoms with van der Waals surface area (Å²) in [5.41, 5.74) is 0.561. The molecule has 2 rings (SSSR count). The van der Waals surface area contributed by atoms with Gasteiger partial charge in [-0.2, -0.15) is 0 Å². The van der Waals surface area contributed by atoms with E-state index in [1.165, 1.54) is 0 Å². The standard InChI is InChI=1S/C18H26N2O3/c1-18(2,3)13-16(21)19-9-11-20(12-10-19)17(22)14-7-5-6-8-15(14)23-4/h5-8H,9-13H2,1-4H3. The van der Waals surface area contributed by atoms with E-state index in [4.69, 9.17) is 4.74 Å². The van der Waals surface area contributed by atoms with Crippen molar-refractivity contribution in [3.63, 3.8) is 0 Å². The average Bonchev–Trinajstić information content (AvgIpc) is 2.52. The topological polar surface area (TPSA) is 49.9 Å². The lowest BCUT2D eigenvalue weighted by atomic mass is 9.91. The molecule has 1 saturated heterocycles. The highest BCUT2D eigenvalue weighted by atomic mass is 16.5. The van der Waals surface area contributed by atoms with Crippen LogP contribution in [0.2, 0.25) is 0 Å². The number of rotatable bonds is 3. The van der Waals surface area contributed by atoms with Crippen LogP contribution >= 0.6 is 0 Å². The smallest absolute Gasteiger partial charge is 0.257 e. The van der Waals surface area contributed by atoms with Crippen LogP contribution in [0.15, 0.2) is 24.3 Å². The Kier molecular flexibility index (Phi) is 5.29. The van der Waals surface area contributed by atoms with Crippen molar-refractivity contribution in [1.82, 2.24) is 9.80 Å². The fraction of sp³-hybridized carbons (Fsp3) is 0.556. The number of amides is 2. The molecule has 0 radical (unpaired) electrons. The van der Waals surface area contributed by atoms with Crippen molar-refractivity contribution < 1.29 is 14.3 Å². The SMILES string of the molecule is COc1ccccc1C(=O)N1CCN(C(=O)CC(C)(C)C)CC1. The molecule has 1 aromatic rings. The summed E-state index contributed by atoms with van der Waals surface area (Å²) in [4.78, 5) is 28.5. The predicted molar refractivity (Wildman–Crippen MR) is 89.5 cm³/mol. The zero-order valence-electron chi connectivity index (χ0n) is 14.5. The molecule has 5 heteroatoms. The van der Waals surface area contributed by atoms with Gasteiger partial charge in [0.05, 0.1) is 12.7 Å². The third-order valence-electron chi connectivity index (χ3n) is 3.94. The van der Waals surface area contributed by atoms with Crippen molar-refractivity contribution in [3.05, 3.63) is 29.8 Å². The summed E-state index contributed by atoms with van der Waals surface area (Å²) in [5, 5.41) is 0. The largest absolute Gasteiger partial charge is 0.496 e. The lowest BCUT2D eigenvalue weighted by molar-refractivity contribution is -0.134. The maximum absolute atomic E-state index is 12.6. The second-order valence-electron chi connectivity index (χ2n) is 7.11. The van der Waals surface area contributed by atoms with Gasteiger partial charge in [-0.15, -0.1) is 0 Å². The molecule has 0 atom stereocenters. The predicted octanol–water partition coefficient (Wildman–Crippen LogP) is 2.42. The normalized spacial score (nSPS) is 15.5. The lowest BCUT2D eigenvalue weighted by Gasteiger charge is -2.36. The van der Waals surface area contributed by atoms with E-state index in [2.05, 4.69) is 20.8 Å². The average molecular weight is 318 g/mol. The Morgan fingerprint density at radius 3 is 2.17 bits per heavy atom. The maximum atomic E-state index is 12.6. The Bertz CT molecular complexity index is 570. The molecule has 1 fully saturated rings. The van der Waals surface area contributed by atoms with E-state index in [0.717, 1.165) is 0 Å². The van der Waals surface area contributed by atoms with Gasteiger partial charge in [-0.25, -0.2) is 0 Å². The minimum atomic E-state index is -0.0367. The van der Waals surface area contributed by atoms with Crippen LogP contribution in [-0.4, -0.2) is 54.9 Å². The number of hydrogen-bond acceptors (Lipinski definition) is 3. The number of methoxy groups -OCH3 is 1. The zero-order valence-corrected chi connectivity index (χ0v) is 14.5. The van der Waals surface area contributed by atoms with Gasteiger partial charge in [0, 0.05) is 32.6 Å². The number of nitrogens with zero attached hydrogens (tertiary/aromatic N) is 2. The Balaban J connectivity index is 1.96. The van der Waals surface area contributed by atoms with Gasteiger partial charge < -0.3 is 14.5 Å². The van der Waals surface area contributed by atoms with E-state index < -0.39 is 0 Å². The Labute approximate surface area is 138 Å². The molecule has 1 heterocycles. The van der Waals surface area contributed by atoms with Crippen molar-refractivity contribution in [2.24, 2.45) is 5.41 Å². The molecule has 126 valence electrons. The molecule has 0 unspecified atom stereocenters. The minimum Gasteiger partial charge on any atom is -0.496 e. The second kappa shape index (κ2) is 7.02. The van der Waals surface area contributed by atoms with Gasteiger partial charge in [0.15, 0.2) is 0 Å². The molecule has 1 aromatic carbocycles. The number of carbonyl (C=O) groups excluding carboxylic acids is 2. The first-order valence-corrected chi connectivity index (χ1v) is 8.02. The van der Waals surface area contributed by atoms with Crippen molar-refractivity contribution >= 4 is 11.8 Å². The zero-order chi connectivity index (χ0) is 17.0. The van der Waals surface area contributed by atoms with Gasteiger partial charge in [-0.1, -0.05) is 32.9 Å². The van der Waals surface area contributed by atoms with Crippen molar-refractivity contribution in [2.75, 3.05) is 33.3 Å². The van der Waals surface area contributed by atoms with Gasteiger partial charge in [0.25, 0.3) is 5.91 Å². The quantitative estimate of drug-likeness (QED) is 0.860. The summed E-state index contributed by atoms with van der Waals surface area (Å²) in [6, 6.07) is 7.24. The van der Waals surface area contributed by atoms with Gasteiger partial charge in [0.1, 0.15) is 5.75 Å². The third kappa shape index (κ3) is 4.47. The van der Waals surface area contributed by atoms with Crippen molar-refractivity contribution in [2.45, 2.75) is 27.2 Å². The lowest BCUT2D eigenvalue weighted by Crippen LogP contribution is -2.51. The van der Waals surface area contributed by atoms with E-state index in [1.807, 2.05) is 17.0 Å². The van der Waals surface area contributed by atoms with Crippen LogP contribution in [0.3, 0.4) is 0 Å². The van der Waals surface area contributed by atoms with Crippen LogP contribution in [0.5, 0.6) is 5.75 Å². The van der Waals surface area contributed by atoms with E-state index in [0.29, 0.717) is 43.9 Å². The molecule has 0 N–H and O–H groups in total. The monoisotopic (exact) mass is 318 g/mol. The van der Waals surface area contributed by atoms with Crippen LogP contribution in [-0.2, 0) is 4.79 Å². The number of para-hydroxylation sites is 1. The summed E-state index contributed by atoms with van der Waals surface area (Å²) in [7, 11) is 1.56. The van der Waals surface area contributed by atoms with Crippen LogP contribution in [0.4, 0.5) is 0 Å². The van der Waals surface area contributed by atoms with E-state index in [9.17, 15) is 9.59 Å². The molecule has 0 aromatic heterocycles. The van der Waals surface area contributed by atoms with Crippen molar-refractivity contribution in [1.29, 1.82) is 0 Å². The molecular weight excluding hydrogens is 292 g/mol. The molecule has 0 aliphatic carbocycles. The first-order chi connectivity index (χ1) is 10.8. The molecule has 5 nitrogen and oxygen atoms in total. The highest BCUT2D eigenvalue weighted by Gasteiger charge is 2.28. The van der Waals surface area contributed by atoms with Crippen LogP contribution < -0.4 is 4.74 Å². The summed E-state index contributed by atoms with van der Waals surface area (Å²) in [6.07, 6.45) is 0.535. The van der Waals surface area contributed by atoms with Crippen LogP contribution in [0.25, 0.3) is 0 Å². The van der Waals surface area contributed by atoms with Gasteiger partial charge in [0.2, 0.25) is 5.91 Å². The first-order valence-electron chi connectivity index (χ1n) is 8.02. The Hall–Kier alpha value is -2.04. The molecule has 23 heavy (non-hydrogen) atoms. The number of hydrogen-bond donors (Lipinski definition) is 0. The van der Waals surface area contributed by atoms with Crippen LogP contribution in [0.1, 0.15) is 37.6 Å². The highest BCUT2D eigenvalue weighted by Crippen LogP contribution is 2.22. The molecular formula is C18H26N2O3. The maximum Gasteiger partial charge on any atom is 0.257 e. The summed E-state index contributed by atoms with van der Waals surface area (Å²) < 4.78 is 5.26. The van der Waals surface area contributed by atoms with Gasteiger partial charge in [-0.05, 0) is 17.5 Å². The second-order valence-corrected chi connectivity index (χ2v) is 7.11. The molecule has 0 bridgehead atoms. The summed E-state index contributed by atoms with van der Waals surface area (Å²) in [6.45, 7) is 8.50. The molecule has 1 aliphatic heterocycles. The van der Waals surface area contributed by atoms with E-state index in [1.54, 1.807) is 24.1 Å². The fourth-order valence-electron chi connectivity index (χ4n) is 2.72. The van der Waals surface area contributed by atoms with Gasteiger partial charge >= 0.3 is 0 Å². The molecule has 0 spiro atoms. The molecule has 1 aliphatic rings. The summed E-state index contributed by atoms with van der Waals surface area (Å²) >= 11 is 0. The van der Waals surface area contributed by atoms with E-state index in [-0.39, 0.29) is 17.2 Å².